The van der Waals surface area contributed by atoms with Crippen LogP contribution in [0.15, 0.2) is 42.5 Å². The van der Waals surface area contributed by atoms with Crippen molar-refractivity contribution < 1.29 is 0 Å². The first-order valence-corrected chi connectivity index (χ1v) is 6.67. The molecule has 0 amide bonds. The molecule has 0 aliphatic rings. The van der Waals surface area contributed by atoms with Crippen LogP contribution < -0.4 is 5.32 Å². The van der Waals surface area contributed by atoms with Crippen LogP contribution in [0.1, 0.15) is 18.5 Å². The summed E-state index contributed by atoms with van der Waals surface area (Å²) in [5.74, 6) is 0. The normalized spacial score (nSPS) is 12.2. The summed E-state index contributed by atoms with van der Waals surface area (Å²) in [5.41, 5.74) is 1.87. The molecule has 1 unspecified atom stereocenters. The van der Waals surface area contributed by atoms with Crippen molar-refractivity contribution in [1.29, 1.82) is 0 Å². The van der Waals surface area contributed by atoms with Crippen LogP contribution in [0.25, 0.3) is 0 Å². The molecule has 4 heteroatoms. The van der Waals surface area contributed by atoms with Gasteiger partial charge >= 0.3 is 0 Å². The lowest BCUT2D eigenvalue weighted by atomic mass is 10.1. The first kappa shape index (κ1) is 13.5. The van der Waals surface area contributed by atoms with Gasteiger partial charge in [-0.05, 0) is 36.8 Å². The molecule has 0 fully saturated rings. The number of halogens is 3. The van der Waals surface area contributed by atoms with Gasteiger partial charge in [0, 0.05) is 10.0 Å². The van der Waals surface area contributed by atoms with E-state index in [1.165, 1.54) is 0 Å². The summed E-state index contributed by atoms with van der Waals surface area (Å²) >= 11 is 18.2. The van der Waals surface area contributed by atoms with E-state index in [9.17, 15) is 0 Å². The molecular formula is C14H12Cl3N. The van der Waals surface area contributed by atoms with Gasteiger partial charge in [-0.2, -0.15) is 0 Å². The predicted octanol–water partition coefficient (Wildman–Crippen LogP) is 5.82. The van der Waals surface area contributed by atoms with Crippen molar-refractivity contribution >= 4 is 40.5 Å². The molecule has 1 atom stereocenters. The molecular weight excluding hydrogens is 289 g/mol. The Morgan fingerprint density at radius 2 is 1.67 bits per heavy atom. The van der Waals surface area contributed by atoms with E-state index in [4.69, 9.17) is 34.8 Å². The van der Waals surface area contributed by atoms with Gasteiger partial charge in [0.1, 0.15) is 0 Å². The third kappa shape index (κ3) is 3.11. The van der Waals surface area contributed by atoms with Gasteiger partial charge in [0.05, 0.1) is 16.8 Å². The van der Waals surface area contributed by atoms with E-state index in [0.717, 1.165) is 11.3 Å². The highest BCUT2D eigenvalue weighted by Gasteiger charge is 2.11. The number of nitrogens with one attached hydrogen (secondary N) is 1. The number of hydrogen-bond acceptors (Lipinski definition) is 1. The maximum absolute atomic E-state index is 6.17. The van der Waals surface area contributed by atoms with E-state index < -0.39 is 0 Å². The Bertz CT molecular complexity index is 554. The van der Waals surface area contributed by atoms with Crippen LogP contribution >= 0.6 is 34.8 Å². The second kappa shape index (κ2) is 5.83. The van der Waals surface area contributed by atoms with Crippen molar-refractivity contribution in [2.75, 3.05) is 5.32 Å². The van der Waals surface area contributed by atoms with Gasteiger partial charge in [-0.1, -0.05) is 53.0 Å². The molecule has 1 N–H and O–H groups in total. The average Bonchev–Trinajstić information content (AvgIpc) is 2.32. The molecule has 0 saturated carbocycles. The molecule has 2 aromatic rings. The van der Waals surface area contributed by atoms with Crippen LogP contribution in [-0.2, 0) is 0 Å². The summed E-state index contributed by atoms with van der Waals surface area (Å²) in [6, 6.07) is 13.1. The Morgan fingerprint density at radius 3 is 2.33 bits per heavy atom. The topological polar surface area (TPSA) is 12.0 Å². The van der Waals surface area contributed by atoms with Crippen LogP contribution in [0.2, 0.25) is 15.1 Å². The fraction of sp³-hybridized carbons (Fsp3) is 0.143. The molecule has 0 aliphatic heterocycles. The molecule has 0 saturated heterocycles. The lowest BCUT2D eigenvalue weighted by molar-refractivity contribution is 0.885. The minimum absolute atomic E-state index is 0.0506. The number of para-hydroxylation sites is 1. The van der Waals surface area contributed by atoms with E-state index in [0.29, 0.717) is 15.1 Å². The minimum Gasteiger partial charge on any atom is -0.377 e. The summed E-state index contributed by atoms with van der Waals surface area (Å²) in [7, 11) is 0. The van der Waals surface area contributed by atoms with Crippen molar-refractivity contribution in [3.05, 3.63) is 63.1 Å². The molecule has 0 aromatic heterocycles. The zero-order chi connectivity index (χ0) is 13.1. The van der Waals surface area contributed by atoms with E-state index in [1.807, 2.05) is 43.3 Å². The van der Waals surface area contributed by atoms with Gasteiger partial charge in [-0.3, -0.25) is 0 Å². The largest absolute Gasteiger partial charge is 0.377 e. The number of anilines is 1. The van der Waals surface area contributed by atoms with Crippen molar-refractivity contribution in [2.24, 2.45) is 0 Å². The molecule has 0 bridgehead atoms. The lowest BCUT2D eigenvalue weighted by Gasteiger charge is -2.18. The Morgan fingerprint density at radius 1 is 0.944 bits per heavy atom. The molecule has 2 rings (SSSR count). The van der Waals surface area contributed by atoms with E-state index >= 15 is 0 Å². The minimum atomic E-state index is 0.0506. The predicted molar refractivity (Wildman–Crippen MR) is 80.0 cm³/mol. The number of rotatable bonds is 3. The van der Waals surface area contributed by atoms with Crippen molar-refractivity contribution in [3.8, 4) is 0 Å². The maximum atomic E-state index is 6.17. The second-order valence-corrected chi connectivity index (χ2v) is 5.26. The highest BCUT2D eigenvalue weighted by molar-refractivity contribution is 6.35. The van der Waals surface area contributed by atoms with E-state index in [-0.39, 0.29) is 6.04 Å². The summed E-state index contributed by atoms with van der Waals surface area (Å²) < 4.78 is 0. The summed E-state index contributed by atoms with van der Waals surface area (Å²) in [6.45, 7) is 2.03. The smallest absolute Gasteiger partial charge is 0.0637 e. The van der Waals surface area contributed by atoms with Crippen LogP contribution in [0, 0.1) is 0 Å². The SMILES string of the molecule is CC(Nc1ccccc1Cl)c1ccc(Cl)cc1Cl. The standard InChI is InChI=1S/C14H12Cl3N/c1-9(11-7-6-10(15)8-13(11)17)18-14-5-3-2-4-12(14)16/h2-9,18H,1H3. The molecule has 18 heavy (non-hydrogen) atoms. The molecule has 0 heterocycles. The highest BCUT2D eigenvalue weighted by atomic mass is 35.5. The monoisotopic (exact) mass is 299 g/mol. The van der Waals surface area contributed by atoms with Crippen LogP contribution in [0.4, 0.5) is 5.69 Å². The molecule has 0 radical (unpaired) electrons. The van der Waals surface area contributed by atoms with Gasteiger partial charge < -0.3 is 5.32 Å². The molecule has 0 aliphatic carbocycles. The van der Waals surface area contributed by atoms with Crippen molar-refractivity contribution in [1.82, 2.24) is 0 Å². The van der Waals surface area contributed by atoms with Gasteiger partial charge in [-0.25, -0.2) is 0 Å². The van der Waals surface area contributed by atoms with Gasteiger partial charge in [0.2, 0.25) is 0 Å². The van der Waals surface area contributed by atoms with E-state index in [1.54, 1.807) is 6.07 Å². The number of hydrogen-bond donors (Lipinski definition) is 1. The third-order valence-electron chi connectivity index (χ3n) is 2.67. The first-order chi connectivity index (χ1) is 8.58. The van der Waals surface area contributed by atoms with Gasteiger partial charge in [0.25, 0.3) is 0 Å². The van der Waals surface area contributed by atoms with Crippen LogP contribution in [0.3, 0.4) is 0 Å². The van der Waals surface area contributed by atoms with Crippen molar-refractivity contribution in [2.45, 2.75) is 13.0 Å². The maximum Gasteiger partial charge on any atom is 0.0637 e. The fourth-order valence-electron chi connectivity index (χ4n) is 1.74. The Hall–Kier alpha value is -0.890. The lowest BCUT2D eigenvalue weighted by Crippen LogP contribution is -2.07. The Labute approximate surface area is 122 Å². The molecule has 2 aromatic carbocycles. The van der Waals surface area contributed by atoms with Crippen LogP contribution in [0.5, 0.6) is 0 Å². The van der Waals surface area contributed by atoms with Crippen LogP contribution in [-0.4, -0.2) is 0 Å². The second-order valence-electron chi connectivity index (χ2n) is 4.01. The summed E-state index contributed by atoms with van der Waals surface area (Å²) in [5, 5.41) is 5.30. The number of benzene rings is 2. The highest BCUT2D eigenvalue weighted by Crippen LogP contribution is 2.30. The van der Waals surface area contributed by atoms with E-state index in [2.05, 4.69) is 5.32 Å². The molecule has 1 nitrogen and oxygen atoms in total. The molecule has 94 valence electrons. The Balaban J connectivity index is 2.22. The average molecular weight is 301 g/mol. The summed E-state index contributed by atoms with van der Waals surface area (Å²) in [4.78, 5) is 0. The van der Waals surface area contributed by atoms with Crippen molar-refractivity contribution in [3.63, 3.8) is 0 Å². The van der Waals surface area contributed by atoms with Gasteiger partial charge in [0.15, 0.2) is 0 Å². The Kier molecular flexibility index (Phi) is 4.39. The first-order valence-electron chi connectivity index (χ1n) is 5.54. The van der Waals surface area contributed by atoms with Gasteiger partial charge in [-0.15, -0.1) is 0 Å². The summed E-state index contributed by atoms with van der Waals surface area (Å²) in [6.07, 6.45) is 0. The third-order valence-corrected chi connectivity index (χ3v) is 3.57. The molecule has 0 spiro atoms. The fourth-order valence-corrected chi connectivity index (χ4v) is 2.50. The zero-order valence-electron chi connectivity index (χ0n) is 9.75. The zero-order valence-corrected chi connectivity index (χ0v) is 12.0. The quantitative estimate of drug-likeness (QED) is 0.753.